The van der Waals surface area contributed by atoms with E-state index in [0.717, 1.165) is 16.6 Å². The largest absolute Gasteiger partial charge is 0.361 e. The number of nitrogens with one attached hydrogen (secondary N) is 3. The van der Waals surface area contributed by atoms with Gasteiger partial charge in [-0.15, -0.1) is 0 Å². The van der Waals surface area contributed by atoms with Crippen LogP contribution in [0.2, 0.25) is 0 Å². The Morgan fingerprint density at radius 1 is 0.818 bits per heavy atom. The minimum atomic E-state index is -4.10. The van der Waals surface area contributed by atoms with Crippen molar-refractivity contribution in [2.75, 3.05) is 10.6 Å². The molecule has 9 heteroatoms. The molecule has 0 amide bonds. The van der Waals surface area contributed by atoms with E-state index in [-0.39, 0.29) is 16.8 Å². The number of halogens is 4. The predicted molar refractivity (Wildman–Crippen MR) is 118 cm³/mol. The lowest BCUT2D eigenvalue weighted by Gasteiger charge is -2.32. The van der Waals surface area contributed by atoms with Crippen molar-refractivity contribution in [1.82, 2.24) is 9.97 Å². The highest BCUT2D eigenvalue weighted by Gasteiger charge is 2.58. The van der Waals surface area contributed by atoms with E-state index in [1.807, 2.05) is 36.5 Å². The molecule has 0 aliphatic heterocycles. The summed E-state index contributed by atoms with van der Waals surface area (Å²) < 4.78 is 55.0. The third kappa shape index (κ3) is 3.96. The van der Waals surface area contributed by atoms with Crippen LogP contribution in [0.3, 0.4) is 0 Å². The summed E-state index contributed by atoms with van der Waals surface area (Å²) in [6.07, 6.45) is -0.193. The van der Waals surface area contributed by atoms with E-state index in [0.29, 0.717) is 17.2 Å². The summed E-state index contributed by atoms with van der Waals surface area (Å²) in [6.45, 7) is 0. The van der Waals surface area contributed by atoms with Gasteiger partial charge in [0.05, 0.1) is 0 Å². The van der Waals surface area contributed by atoms with Gasteiger partial charge in [0.2, 0.25) is 0 Å². The molecular weight excluding hydrogens is 434 g/mol. The minimum Gasteiger partial charge on any atom is -0.361 e. The molecule has 2 aromatic carbocycles. The number of pyridine rings is 1. The van der Waals surface area contributed by atoms with Gasteiger partial charge in [0.25, 0.3) is 0 Å². The Labute approximate surface area is 186 Å². The number of nitrogens with zero attached hydrogens (tertiary/aromatic N) is 2. The first-order valence-electron chi connectivity index (χ1n) is 10.1. The fraction of sp³-hybridized carbons (Fsp3) is 0.167. The number of fused-ring (bicyclic) bond motifs is 2. The molecular formula is C24H17F4N5. The van der Waals surface area contributed by atoms with E-state index in [1.54, 1.807) is 12.1 Å². The maximum Gasteiger partial charge on any atom is 0.314 e. The SMILES string of the molecule is N#Cc1cc(Nc2ccc3c(c2)CC(F)(F)C(F)(F)C3)cc(Nc2ccc3cc[nH]c3c2)n1. The second-order valence-electron chi connectivity index (χ2n) is 8.01. The lowest BCUT2D eigenvalue weighted by molar-refractivity contribution is -0.211. The van der Waals surface area contributed by atoms with Crippen molar-refractivity contribution >= 4 is 33.8 Å². The van der Waals surface area contributed by atoms with Gasteiger partial charge >= 0.3 is 11.8 Å². The second-order valence-corrected chi connectivity index (χ2v) is 8.01. The molecule has 0 saturated carbocycles. The van der Waals surface area contributed by atoms with Gasteiger partial charge in [-0.2, -0.15) is 22.8 Å². The van der Waals surface area contributed by atoms with Crippen LogP contribution >= 0.6 is 0 Å². The smallest absolute Gasteiger partial charge is 0.314 e. The molecule has 5 rings (SSSR count). The Morgan fingerprint density at radius 3 is 2.33 bits per heavy atom. The van der Waals surface area contributed by atoms with Crippen LogP contribution in [-0.4, -0.2) is 21.8 Å². The third-order valence-corrected chi connectivity index (χ3v) is 5.62. The van der Waals surface area contributed by atoms with Crippen molar-refractivity contribution < 1.29 is 17.6 Å². The van der Waals surface area contributed by atoms with E-state index in [4.69, 9.17) is 0 Å². The Balaban J connectivity index is 1.41. The zero-order chi connectivity index (χ0) is 23.2. The average molecular weight is 451 g/mol. The fourth-order valence-corrected chi connectivity index (χ4v) is 3.94. The van der Waals surface area contributed by atoms with Gasteiger partial charge in [-0.1, -0.05) is 12.1 Å². The van der Waals surface area contributed by atoms with Crippen LogP contribution in [0.5, 0.6) is 0 Å². The van der Waals surface area contributed by atoms with Crippen LogP contribution in [0.1, 0.15) is 16.8 Å². The Bertz CT molecular complexity index is 1400. The van der Waals surface area contributed by atoms with Crippen LogP contribution in [0, 0.1) is 11.3 Å². The number of nitriles is 1. The molecule has 0 radical (unpaired) electrons. The molecule has 1 aliphatic carbocycles. The van der Waals surface area contributed by atoms with Gasteiger partial charge < -0.3 is 15.6 Å². The normalized spacial score (nSPS) is 16.1. The van der Waals surface area contributed by atoms with Gasteiger partial charge in [-0.3, -0.25) is 0 Å². The predicted octanol–water partition coefficient (Wildman–Crippen LogP) is 6.29. The maximum absolute atomic E-state index is 13.8. The molecule has 2 aromatic heterocycles. The topological polar surface area (TPSA) is 76.5 Å². The number of alkyl halides is 4. The lowest BCUT2D eigenvalue weighted by atomic mass is 9.86. The van der Waals surface area contributed by atoms with Gasteiger partial charge in [0.15, 0.2) is 0 Å². The first kappa shape index (κ1) is 20.8. The molecule has 0 spiro atoms. The summed E-state index contributed by atoms with van der Waals surface area (Å²) in [5.74, 6) is -7.75. The number of hydrogen-bond acceptors (Lipinski definition) is 4. The summed E-state index contributed by atoms with van der Waals surface area (Å²) in [7, 11) is 0. The molecule has 0 saturated heterocycles. The fourth-order valence-electron chi connectivity index (χ4n) is 3.94. The monoisotopic (exact) mass is 451 g/mol. The number of rotatable bonds is 4. The Morgan fingerprint density at radius 2 is 1.55 bits per heavy atom. The molecule has 0 bridgehead atoms. The summed E-state index contributed by atoms with van der Waals surface area (Å²) in [5.41, 5.74) is 3.16. The average Bonchev–Trinajstić information content (AvgIpc) is 3.22. The third-order valence-electron chi connectivity index (χ3n) is 5.62. The Hall–Kier alpha value is -4.06. The van der Waals surface area contributed by atoms with Gasteiger partial charge in [-0.25, -0.2) is 4.98 Å². The van der Waals surface area contributed by atoms with E-state index in [9.17, 15) is 22.8 Å². The van der Waals surface area contributed by atoms with E-state index < -0.39 is 24.7 Å². The van der Waals surface area contributed by atoms with E-state index in [1.165, 1.54) is 18.2 Å². The summed E-state index contributed by atoms with van der Waals surface area (Å²) in [4.78, 5) is 7.38. The van der Waals surface area contributed by atoms with Crippen molar-refractivity contribution in [2.24, 2.45) is 0 Å². The van der Waals surface area contributed by atoms with Crippen LogP contribution in [0.4, 0.5) is 40.4 Å². The van der Waals surface area contributed by atoms with Crippen molar-refractivity contribution in [3.63, 3.8) is 0 Å². The molecule has 5 nitrogen and oxygen atoms in total. The number of aromatic nitrogens is 2. The first-order valence-corrected chi connectivity index (χ1v) is 10.1. The number of benzene rings is 2. The number of H-pyrrole nitrogens is 1. The first-order chi connectivity index (χ1) is 15.7. The second kappa shape index (κ2) is 7.52. The number of anilines is 4. The van der Waals surface area contributed by atoms with Crippen molar-refractivity contribution in [2.45, 2.75) is 24.7 Å². The molecule has 0 atom stereocenters. The van der Waals surface area contributed by atoms with E-state index >= 15 is 0 Å². The van der Waals surface area contributed by atoms with Crippen molar-refractivity contribution in [3.05, 3.63) is 77.6 Å². The number of aromatic amines is 1. The molecule has 4 aromatic rings. The number of hydrogen-bond donors (Lipinski definition) is 3. The lowest BCUT2D eigenvalue weighted by Crippen LogP contribution is -2.47. The van der Waals surface area contributed by atoms with Crippen LogP contribution < -0.4 is 10.6 Å². The van der Waals surface area contributed by atoms with E-state index in [2.05, 4.69) is 20.6 Å². The van der Waals surface area contributed by atoms with Crippen LogP contribution in [0.15, 0.2) is 60.8 Å². The van der Waals surface area contributed by atoms with Crippen molar-refractivity contribution in [3.8, 4) is 6.07 Å². The molecule has 3 N–H and O–H groups in total. The zero-order valence-electron chi connectivity index (χ0n) is 17.1. The highest BCUT2D eigenvalue weighted by Crippen LogP contribution is 2.44. The minimum absolute atomic E-state index is 0.146. The summed E-state index contributed by atoms with van der Waals surface area (Å²) in [6, 6.07) is 17.3. The molecule has 33 heavy (non-hydrogen) atoms. The Kier molecular flexibility index (Phi) is 4.74. The van der Waals surface area contributed by atoms with Gasteiger partial charge in [-0.05, 0) is 52.9 Å². The molecule has 0 fully saturated rings. The van der Waals surface area contributed by atoms with Crippen molar-refractivity contribution in [1.29, 1.82) is 5.26 Å². The summed E-state index contributed by atoms with van der Waals surface area (Å²) in [5, 5.41) is 16.6. The molecule has 0 unspecified atom stereocenters. The van der Waals surface area contributed by atoms with Crippen LogP contribution in [-0.2, 0) is 12.8 Å². The van der Waals surface area contributed by atoms with Gasteiger partial charge in [0.1, 0.15) is 17.6 Å². The van der Waals surface area contributed by atoms with Crippen LogP contribution in [0.25, 0.3) is 10.9 Å². The van der Waals surface area contributed by atoms with Gasteiger partial charge in [0, 0.05) is 47.7 Å². The standard InChI is InChI=1S/C24H17F4N5/c25-23(26)11-15-2-4-17(7-16(15)12-24(23,27)28)31-19-8-20(13-29)33-22(10-19)32-18-3-1-14-5-6-30-21(14)9-18/h1-10,30H,11-12H2,(H2,31,32,33). The zero-order valence-corrected chi connectivity index (χ0v) is 17.1. The highest BCUT2D eigenvalue weighted by molar-refractivity contribution is 5.83. The molecule has 1 aliphatic rings. The molecule has 166 valence electrons. The quantitative estimate of drug-likeness (QED) is 0.319. The molecule has 2 heterocycles. The summed E-state index contributed by atoms with van der Waals surface area (Å²) >= 11 is 0. The highest BCUT2D eigenvalue weighted by atomic mass is 19.3. The maximum atomic E-state index is 13.8.